The molecular weight excluding hydrogens is 234 g/mol. The Morgan fingerprint density at radius 2 is 2.29 bits per heavy atom. The molecule has 17 heavy (non-hydrogen) atoms. The summed E-state index contributed by atoms with van der Waals surface area (Å²) >= 11 is 2.07. The summed E-state index contributed by atoms with van der Waals surface area (Å²) < 4.78 is 1.95. The number of nitrogens with one attached hydrogen (secondary N) is 1. The van der Waals surface area contributed by atoms with E-state index in [2.05, 4.69) is 32.3 Å². The van der Waals surface area contributed by atoms with Crippen molar-refractivity contribution in [3.05, 3.63) is 11.9 Å². The largest absolute Gasteiger partial charge is 0.314 e. The Morgan fingerprint density at radius 3 is 3.18 bits per heavy atom. The predicted molar refractivity (Wildman–Crippen MR) is 71.2 cm³/mol. The topological polar surface area (TPSA) is 46.0 Å². The fraction of sp³-hybridized carbons (Fsp3) is 0.818. The van der Waals surface area contributed by atoms with E-state index >= 15 is 0 Å². The van der Waals surface area contributed by atoms with E-state index in [9.17, 15) is 0 Å². The minimum Gasteiger partial charge on any atom is -0.314 e. The number of thioether (sulfide) groups is 1. The number of hydrogen-bond acceptors (Lipinski definition) is 5. The van der Waals surface area contributed by atoms with Crippen LogP contribution < -0.4 is 5.32 Å². The van der Waals surface area contributed by atoms with E-state index in [-0.39, 0.29) is 0 Å². The van der Waals surface area contributed by atoms with Crippen molar-refractivity contribution < 1.29 is 0 Å². The average Bonchev–Trinajstić information content (AvgIpc) is 2.63. The summed E-state index contributed by atoms with van der Waals surface area (Å²) in [4.78, 5) is 2.53. The zero-order valence-electron chi connectivity index (χ0n) is 10.4. The molecule has 1 saturated heterocycles. The molecule has 0 radical (unpaired) electrons. The molecule has 0 amide bonds. The van der Waals surface area contributed by atoms with Crippen LogP contribution >= 0.6 is 11.8 Å². The summed E-state index contributed by atoms with van der Waals surface area (Å²) in [6.07, 6.45) is 3.34. The highest BCUT2D eigenvalue weighted by Gasteiger charge is 2.09. The van der Waals surface area contributed by atoms with E-state index in [4.69, 9.17) is 0 Å². The van der Waals surface area contributed by atoms with Gasteiger partial charge >= 0.3 is 0 Å². The molecule has 6 heteroatoms. The van der Waals surface area contributed by atoms with Crippen molar-refractivity contribution in [2.75, 3.05) is 38.2 Å². The lowest BCUT2D eigenvalue weighted by atomic mass is 10.4. The van der Waals surface area contributed by atoms with Gasteiger partial charge in [0.05, 0.1) is 12.2 Å². The van der Waals surface area contributed by atoms with Gasteiger partial charge in [-0.2, -0.15) is 11.8 Å². The first-order chi connectivity index (χ1) is 8.38. The maximum Gasteiger partial charge on any atom is 0.0964 e. The molecule has 1 aliphatic heterocycles. The van der Waals surface area contributed by atoms with E-state index in [0.717, 1.165) is 25.3 Å². The Balaban J connectivity index is 1.75. The first kappa shape index (κ1) is 12.9. The SMILES string of the molecule is CNCc1cn(CCN2CCCSCC2)nn1. The highest BCUT2D eigenvalue weighted by Crippen LogP contribution is 2.09. The summed E-state index contributed by atoms with van der Waals surface area (Å²) in [5, 5.41) is 11.3. The smallest absolute Gasteiger partial charge is 0.0964 e. The monoisotopic (exact) mass is 255 g/mol. The van der Waals surface area contributed by atoms with Crippen molar-refractivity contribution in [1.82, 2.24) is 25.2 Å². The molecule has 5 nitrogen and oxygen atoms in total. The van der Waals surface area contributed by atoms with Gasteiger partial charge in [-0.05, 0) is 25.8 Å². The molecule has 0 aromatic carbocycles. The predicted octanol–water partition coefficient (Wildman–Crippen LogP) is 0.436. The van der Waals surface area contributed by atoms with Crippen molar-refractivity contribution in [2.45, 2.75) is 19.5 Å². The Hall–Kier alpha value is -0.590. The molecule has 2 rings (SSSR count). The van der Waals surface area contributed by atoms with Crippen LogP contribution in [0.5, 0.6) is 0 Å². The van der Waals surface area contributed by atoms with Crippen LogP contribution in [0.2, 0.25) is 0 Å². The quantitative estimate of drug-likeness (QED) is 0.827. The molecule has 0 aliphatic carbocycles. The molecule has 0 spiro atoms. The van der Waals surface area contributed by atoms with Gasteiger partial charge in [-0.1, -0.05) is 5.21 Å². The summed E-state index contributed by atoms with van der Waals surface area (Å²) in [5.74, 6) is 2.58. The molecule has 0 bridgehead atoms. The molecule has 1 fully saturated rings. The van der Waals surface area contributed by atoms with Crippen LogP contribution in [-0.4, -0.2) is 58.1 Å². The molecule has 0 unspecified atom stereocenters. The molecule has 1 aromatic rings. The fourth-order valence-corrected chi connectivity index (χ4v) is 2.90. The Morgan fingerprint density at radius 1 is 1.35 bits per heavy atom. The van der Waals surface area contributed by atoms with Crippen LogP contribution in [0.4, 0.5) is 0 Å². The van der Waals surface area contributed by atoms with Crippen molar-refractivity contribution in [1.29, 1.82) is 0 Å². The molecule has 0 saturated carbocycles. The van der Waals surface area contributed by atoms with E-state index in [1.807, 2.05) is 17.9 Å². The van der Waals surface area contributed by atoms with Crippen LogP contribution in [0.15, 0.2) is 6.20 Å². The van der Waals surface area contributed by atoms with Gasteiger partial charge in [0.25, 0.3) is 0 Å². The fourth-order valence-electron chi connectivity index (χ4n) is 1.98. The van der Waals surface area contributed by atoms with Gasteiger partial charge in [-0.15, -0.1) is 5.10 Å². The van der Waals surface area contributed by atoms with Crippen molar-refractivity contribution in [2.24, 2.45) is 0 Å². The van der Waals surface area contributed by atoms with Crippen LogP contribution in [0, 0.1) is 0 Å². The van der Waals surface area contributed by atoms with Crippen LogP contribution in [0.1, 0.15) is 12.1 Å². The zero-order valence-corrected chi connectivity index (χ0v) is 11.2. The first-order valence-electron chi connectivity index (χ1n) is 6.22. The first-order valence-corrected chi connectivity index (χ1v) is 7.37. The minimum atomic E-state index is 0.792. The van der Waals surface area contributed by atoms with Gasteiger partial charge < -0.3 is 10.2 Å². The Kier molecular flexibility index (Phi) is 5.28. The molecule has 2 heterocycles. The standard InChI is InChI=1S/C11H21N5S/c1-12-9-11-10-16(14-13-11)5-4-15-3-2-7-17-8-6-15/h10,12H,2-9H2,1H3. The van der Waals surface area contributed by atoms with Crippen LogP contribution in [-0.2, 0) is 13.1 Å². The van der Waals surface area contributed by atoms with E-state index in [1.54, 1.807) is 0 Å². The van der Waals surface area contributed by atoms with Gasteiger partial charge in [0, 0.05) is 31.6 Å². The maximum absolute atomic E-state index is 4.14. The average molecular weight is 255 g/mol. The van der Waals surface area contributed by atoms with Crippen molar-refractivity contribution in [3.63, 3.8) is 0 Å². The second-order valence-corrected chi connectivity index (χ2v) is 5.54. The summed E-state index contributed by atoms with van der Waals surface area (Å²) in [6.45, 7) is 5.26. The lowest BCUT2D eigenvalue weighted by Crippen LogP contribution is -2.29. The minimum absolute atomic E-state index is 0.792. The molecular formula is C11H21N5S. The Labute approximate surface area is 107 Å². The van der Waals surface area contributed by atoms with Crippen LogP contribution in [0.3, 0.4) is 0 Å². The number of aromatic nitrogens is 3. The second kappa shape index (κ2) is 6.98. The molecule has 1 aromatic heterocycles. The molecule has 1 N–H and O–H groups in total. The number of rotatable bonds is 5. The Bertz CT molecular complexity index is 319. The van der Waals surface area contributed by atoms with Gasteiger partial charge in [0.15, 0.2) is 0 Å². The molecule has 0 atom stereocenters. The summed E-state index contributed by atoms with van der Waals surface area (Å²) in [7, 11) is 1.92. The number of hydrogen-bond donors (Lipinski definition) is 1. The van der Waals surface area contributed by atoms with Crippen molar-refractivity contribution in [3.8, 4) is 0 Å². The van der Waals surface area contributed by atoms with E-state index in [1.165, 1.54) is 31.0 Å². The third-order valence-corrected chi connectivity index (χ3v) is 3.95. The maximum atomic E-state index is 4.14. The third-order valence-electron chi connectivity index (χ3n) is 2.90. The summed E-state index contributed by atoms with van der Waals surface area (Å²) in [6, 6.07) is 0. The second-order valence-electron chi connectivity index (χ2n) is 4.31. The van der Waals surface area contributed by atoms with Gasteiger partial charge in [-0.25, -0.2) is 0 Å². The van der Waals surface area contributed by atoms with Gasteiger partial charge in [-0.3, -0.25) is 4.68 Å². The lowest BCUT2D eigenvalue weighted by Gasteiger charge is -2.18. The lowest BCUT2D eigenvalue weighted by molar-refractivity contribution is 0.277. The molecule has 96 valence electrons. The van der Waals surface area contributed by atoms with E-state index < -0.39 is 0 Å². The third kappa shape index (κ3) is 4.29. The summed E-state index contributed by atoms with van der Waals surface area (Å²) in [5.41, 5.74) is 1.01. The zero-order chi connectivity index (χ0) is 11.9. The normalized spacial score (nSPS) is 18.2. The molecule has 1 aliphatic rings. The van der Waals surface area contributed by atoms with E-state index in [0.29, 0.717) is 0 Å². The van der Waals surface area contributed by atoms with Gasteiger partial charge in [0.2, 0.25) is 0 Å². The highest BCUT2D eigenvalue weighted by molar-refractivity contribution is 7.99. The van der Waals surface area contributed by atoms with Crippen molar-refractivity contribution >= 4 is 11.8 Å². The number of nitrogens with zero attached hydrogens (tertiary/aromatic N) is 4. The van der Waals surface area contributed by atoms with Gasteiger partial charge in [0.1, 0.15) is 0 Å². The van der Waals surface area contributed by atoms with Crippen LogP contribution in [0.25, 0.3) is 0 Å². The highest BCUT2D eigenvalue weighted by atomic mass is 32.2.